The first kappa shape index (κ1) is 28.2. The first-order chi connectivity index (χ1) is 18.1. The van der Waals surface area contributed by atoms with E-state index in [4.69, 9.17) is 32.7 Å². The number of carboxylic acid groups (broad SMARTS) is 1. The number of rotatable bonds is 9. The Balaban J connectivity index is 1.96. The molecule has 0 bridgehead atoms. The molecular formula is C26H19Cl2NO9. The Morgan fingerprint density at radius 2 is 1.18 bits per heavy atom. The van der Waals surface area contributed by atoms with Crippen molar-refractivity contribution in [3.63, 3.8) is 0 Å². The number of carboxylic acids is 1. The predicted octanol–water partition coefficient (Wildman–Crippen LogP) is 4.25. The average Bonchev–Trinajstić information content (AvgIpc) is 2.90. The van der Waals surface area contributed by atoms with Crippen LogP contribution in [0, 0.1) is 0 Å². The minimum Gasteiger partial charge on any atom is -0.478 e. The van der Waals surface area contributed by atoms with Gasteiger partial charge in [-0.1, -0.05) is 35.3 Å². The Bertz CT molecular complexity index is 1360. The zero-order valence-electron chi connectivity index (χ0n) is 19.6. The van der Waals surface area contributed by atoms with Crippen molar-refractivity contribution < 1.29 is 43.3 Å². The second kappa shape index (κ2) is 12.7. The molecule has 0 unspecified atom stereocenters. The summed E-state index contributed by atoms with van der Waals surface area (Å²) in [5.41, 5.74) is -0.253. The van der Waals surface area contributed by atoms with Crippen molar-refractivity contribution in [3.8, 4) is 0 Å². The number of amides is 1. The highest BCUT2D eigenvalue weighted by Gasteiger charge is 2.41. The van der Waals surface area contributed by atoms with Crippen LogP contribution in [0.1, 0.15) is 31.1 Å². The Hall–Kier alpha value is -4.41. The molecule has 10 nitrogen and oxygen atoms in total. The third-order valence-electron chi connectivity index (χ3n) is 4.99. The number of anilines is 1. The van der Waals surface area contributed by atoms with E-state index in [0.717, 1.165) is 7.11 Å². The van der Waals surface area contributed by atoms with E-state index in [1.165, 1.54) is 72.8 Å². The number of hydrogen-bond acceptors (Lipinski definition) is 8. The zero-order valence-corrected chi connectivity index (χ0v) is 21.1. The molecule has 12 heteroatoms. The SMILES string of the molecule is COC(=O)c1ccccc1NC(=O)[C@@H](OC(=O)c1ccc(Cl)cc1)[C@H](OC(=O)c1ccc(Cl)cc1)C(=O)O. The molecule has 1 amide bonds. The average molecular weight is 560 g/mol. The van der Waals surface area contributed by atoms with Crippen LogP contribution in [0.4, 0.5) is 5.69 Å². The largest absolute Gasteiger partial charge is 0.478 e. The molecule has 0 spiro atoms. The van der Waals surface area contributed by atoms with Gasteiger partial charge in [0, 0.05) is 10.0 Å². The number of carbonyl (C=O) groups is 5. The molecule has 0 aliphatic heterocycles. The van der Waals surface area contributed by atoms with Gasteiger partial charge in [0.25, 0.3) is 5.91 Å². The Labute approximate surface area is 226 Å². The lowest BCUT2D eigenvalue weighted by Crippen LogP contribution is -2.48. The van der Waals surface area contributed by atoms with Crippen molar-refractivity contribution in [2.24, 2.45) is 0 Å². The quantitative estimate of drug-likeness (QED) is 0.290. The number of methoxy groups -OCH3 is 1. The summed E-state index contributed by atoms with van der Waals surface area (Å²) in [5, 5.41) is 12.8. The van der Waals surface area contributed by atoms with E-state index < -0.39 is 42.0 Å². The first-order valence-electron chi connectivity index (χ1n) is 10.7. The highest BCUT2D eigenvalue weighted by Crippen LogP contribution is 2.20. The second-order valence-corrected chi connectivity index (χ2v) is 8.40. The normalized spacial score (nSPS) is 12.0. The van der Waals surface area contributed by atoms with Crippen molar-refractivity contribution in [1.82, 2.24) is 0 Å². The van der Waals surface area contributed by atoms with Gasteiger partial charge in [0.15, 0.2) is 0 Å². The lowest BCUT2D eigenvalue weighted by molar-refractivity contribution is -0.157. The maximum absolute atomic E-state index is 13.3. The fraction of sp³-hybridized carbons (Fsp3) is 0.115. The molecule has 3 aromatic rings. The minimum atomic E-state index is -2.28. The summed E-state index contributed by atoms with van der Waals surface area (Å²) in [6, 6.07) is 16.4. The summed E-state index contributed by atoms with van der Waals surface area (Å²) < 4.78 is 15.0. The lowest BCUT2D eigenvalue weighted by atomic mass is 10.1. The van der Waals surface area contributed by atoms with Crippen LogP contribution >= 0.6 is 23.2 Å². The first-order valence-corrected chi connectivity index (χ1v) is 11.5. The van der Waals surface area contributed by atoms with Crippen LogP contribution in [0.15, 0.2) is 72.8 Å². The Morgan fingerprint density at radius 3 is 1.66 bits per heavy atom. The third kappa shape index (κ3) is 7.09. The predicted molar refractivity (Wildman–Crippen MR) is 135 cm³/mol. The van der Waals surface area contributed by atoms with Crippen LogP contribution < -0.4 is 5.32 Å². The fourth-order valence-electron chi connectivity index (χ4n) is 3.12. The van der Waals surface area contributed by atoms with Crippen LogP contribution in [0.5, 0.6) is 0 Å². The molecule has 196 valence electrons. The molecule has 0 fully saturated rings. The number of halogens is 2. The van der Waals surface area contributed by atoms with Crippen molar-refractivity contribution in [2.75, 3.05) is 12.4 Å². The molecule has 0 heterocycles. The highest BCUT2D eigenvalue weighted by atomic mass is 35.5. The summed E-state index contributed by atoms with van der Waals surface area (Å²) in [6.07, 6.45) is -4.46. The van der Waals surface area contributed by atoms with Gasteiger partial charge in [-0.05, 0) is 60.7 Å². The number of aliphatic carboxylic acids is 1. The molecule has 3 aromatic carbocycles. The van der Waals surface area contributed by atoms with Crippen molar-refractivity contribution >= 4 is 58.7 Å². The maximum atomic E-state index is 13.3. The van der Waals surface area contributed by atoms with Gasteiger partial charge >= 0.3 is 23.9 Å². The molecule has 0 radical (unpaired) electrons. The van der Waals surface area contributed by atoms with Crippen LogP contribution in [0.3, 0.4) is 0 Å². The van der Waals surface area contributed by atoms with Gasteiger partial charge in [-0.25, -0.2) is 19.2 Å². The molecule has 2 N–H and O–H groups in total. The van der Waals surface area contributed by atoms with Gasteiger partial charge < -0.3 is 24.6 Å². The number of esters is 3. The van der Waals surface area contributed by atoms with E-state index in [9.17, 15) is 29.1 Å². The molecule has 2 atom stereocenters. The monoisotopic (exact) mass is 559 g/mol. The van der Waals surface area contributed by atoms with Crippen molar-refractivity contribution in [3.05, 3.63) is 99.5 Å². The lowest BCUT2D eigenvalue weighted by Gasteiger charge is -2.24. The number of nitrogens with one attached hydrogen (secondary N) is 1. The van der Waals surface area contributed by atoms with Crippen LogP contribution in [0.25, 0.3) is 0 Å². The molecule has 0 saturated heterocycles. The van der Waals surface area contributed by atoms with Gasteiger partial charge in [-0.3, -0.25) is 4.79 Å². The van der Waals surface area contributed by atoms with Crippen molar-refractivity contribution in [1.29, 1.82) is 0 Å². The molecule has 0 aliphatic carbocycles. The summed E-state index contributed by atoms with van der Waals surface area (Å²) >= 11 is 11.6. The summed E-state index contributed by atoms with van der Waals surface area (Å²) in [7, 11) is 1.13. The molecule has 38 heavy (non-hydrogen) atoms. The van der Waals surface area contributed by atoms with Gasteiger partial charge in [0.05, 0.1) is 29.5 Å². The zero-order chi connectivity index (χ0) is 27.8. The standard InChI is InChI=1S/C26H19Cl2NO9/c1-36-26(35)18-4-2-3-5-19(18)29-22(30)20(37-24(33)14-6-10-16(27)11-7-14)21(23(31)32)38-25(34)15-8-12-17(28)13-9-15/h2-13,20-21H,1H3,(H,29,30)(H,31,32)/t20-,21-/m0/s1. The van der Waals surface area contributed by atoms with Gasteiger partial charge in [0.1, 0.15) is 0 Å². The highest BCUT2D eigenvalue weighted by molar-refractivity contribution is 6.31. The molecule has 0 aliphatic rings. The number of benzene rings is 3. The maximum Gasteiger partial charge on any atom is 0.349 e. The van der Waals surface area contributed by atoms with E-state index in [2.05, 4.69) is 10.1 Å². The Morgan fingerprint density at radius 1 is 0.711 bits per heavy atom. The van der Waals surface area contributed by atoms with Gasteiger partial charge in [-0.15, -0.1) is 0 Å². The number of hydrogen-bond donors (Lipinski definition) is 2. The van der Waals surface area contributed by atoms with Crippen LogP contribution in [-0.4, -0.2) is 54.2 Å². The van der Waals surface area contributed by atoms with Gasteiger partial charge in [-0.2, -0.15) is 0 Å². The second-order valence-electron chi connectivity index (χ2n) is 7.53. The van der Waals surface area contributed by atoms with Crippen LogP contribution in [-0.2, 0) is 23.8 Å². The molecular weight excluding hydrogens is 541 g/mol. The molecule has 0 saturated carbocycles. The topological polar surface area (TPSA) is 145 Å². The number of ether oxygens (including phenoxy) is 3. The smallest absolute Gasteiger partial charge is 0.349 e. The summed E-state index contributed by atoms with van der Waals surface area (Å²) in [5.74, 6) is -5.99. The number of carbonyl (C=O) groups excluding carboxylic acids is 4. The summed E-state index contributed by atoms with van der Waals surface area (Å²) in [6.45, 7) is 0. The van der Waals surface area contributed by atoms with Gasteiger partial charge in [0.2, 0.25) is 12.2 Å². The Kier molecular flexibility index (Phi) is 9.42. The third-order valence-corrected chi connectivity index (χ3v) is 5.50. The molecule has 0 aromatic heterocycles. The minimum absolute atomic E-state index is 0.0591. The van der Waals surface area contributed by atoms with E-state index in [-0.39, 0.29) is 22.4 Å². The van der Waals surface area contributed by atoms with E-state index in [1.54, 1.807) is 0 Å². The van der Waals surface area contributed by atoms with E-state index >= 15 is 0 Å². The summed E-state index contributed by atoms with van der Waals surface area (Å²) in [4.78, 5) is 63.0. The number of para-hydroxylation sites is 1. The van der Waals surface area contributed by atoms with Crippen molar-refractivity contribution in [2.45, 2.75) is 12.2 Å². The molecule has 3 rings (SSSR count). The fourth-order valence-corrected chi connectivity index (χ4v) is 3.37. The van der Waals surface area contributed by atoms with E-state index in [0.29, 0.717) is 10.0 Å². The van der Waals surface area contributed by atoms with E-state index in [1.807, 2.05) is 0 Å². The van der Waals surface area contributed by atoms with Crippen LogP contribution in [0.2, 0.25) is 10.0 Å².